The SMILES string of the molecule is CCC(=O)Oc1ccc(C(C)(C(=O)c2ccccc2O)[N+](=O)[O-])cc1. The molecule has 0 fully saturated rings. The monoisotopic (exact) mass is 343 g/mol. The number of para-hydroxylation sites is 1. The molecule has 1 unspecified atom stereocenters. The molecular formula is C18H17NO6. The first-order chi connectivity index (χ1) is 11.8. The van der Waals surface area contributed by atoms with Crippen molar-refractivity contribution >= 4 is 11.8 Å². The summed E-state index contributed by atoms with van der Waals surface area (Å²) < 4.78 is 5.02. The number of nitrogens with zero attached hydrogens (tertiary/aromatic N) is 1. The van der Waals surface area contributed by atoms with E-state index in [9.17, 15) is 24.8 Å². The third-order valence-electron chi connectivity index (χ3n) is 3.89. The molecule has 0 saturated carbocycles. The molecule has 0 saturated heterocycles. The fourth-order valence-corrected chi connectivity index (χ4v) is 2.30. The number of phenols is 1. The highest BCUT2D eigenvalue weighted by Gasteiger charge is 2.48. The average Bonchev–Trinajstić information content (AvgIpc) is 2.61. The van der Waals surface area contributed by atoms with Crippen LogP contribution >= 0.6 is 0 Å². The van der Waals surface area contributed by atoms with E-state index in [0.717, 1.165) is 0 Å². The Balaban J connectivity index is 2.43. The van der Waals surface area contributed by atoms with E-state index < -0.39 is 22.2 Å². The van der Waals surface area contributed by atoms with Gasteiger partial charge >= 0.3 is 11.5 Å². The summed E-state index contributed by atoms with van der Waals surface area (Å²) in [5, 5.41) is 21.5. The molecular weight excluding hydrogens is 326 g/mol. The summed E-state index contributed by atoms with van der Waals surface area (Å²) in [6, 6.07) is 11.2. The van der Waals surface area contributed by atoms with Crippen molar-refractivity contribution < 1.29 is 24.4 Å². The zero-order valence-corrected chi connectivity index (χ0v) is 13.8. The van der Waals surface area contributed by atoms with Crippen molar-refractivity contribution in [3.05, 3.63) is 69.8 Å². The van der Waals surface area contributed by atoms with Crippen LogP contribution in [0.25, 0.3) is 0 Å². The zero-order chi connectivity index (χ0) is 18.6. The van der Waals surface area contributed by atoms with Crippen molar-refractivity contribution in [1.29, 1.82) is 0 Å². The highest BCUT2D eigenvalue weighted by atomic mass is 16.6. The minimum absolute atomic E-state index is 0.113. The molecule has 0 bridgehead atoms. The number of phenolic OH excluding ortho intramolecular Hbond substituents is 1. The van der Waals surface area contributed by atoms with Gasteiger partial charge in [-0.1, -0.05) is 19.1 Å². The average molecular weight is 343 g/mol. The van der Waals surface area contributed by atoms with Crippen molar-refractivity contribution in [1.82, 2.24) is 0 Å². The number of benzene rings is 2. The summed E-state index contributed by atoms with van der Waals surface area (Å²) in [5.41, 5.74) is -2.11. The van der Waals surface area contributed by atoms with Crippen molar-refractivity contribution in [2.75, 3.05) is 0 Å². The number of carbonyl (C=O) groups is 2. The van der Waals surface area contributed by atoms with E-state index in [0.29, 0.717) is 0 Å². The number of hydrogen-bond acceptors (Lipinski definition) is 6. The smallest absolute Gasteiger partial charge is 0.310 e. The van der Waals surface area contributed by atoms with Crippen LogP contribution in [0.3, 0.4) is 0 Å². The van der Waals surface area contributed by atoms with E-state index in [1.807, 2.05) is 0 Å². The Morgan fingerprint density at radius 2 is 1.76 bits per heavy atom. The third-order valence-corrected chi connectivity index (χ3v) is 3.89. The van der Waals surface area contributed by atoms with Crippen molar-refractivity contribution in [3.63, 3.8) is 0 Å². The zero-order valence-electron chi connectivity index (χ0n) is 13.8. The standard InChI is InChI=1S/C18H17NO6/c1-3-16(21)25-13-10-8-12(9-11-13)18(2,19(23)24)17(22)14-6-4-5-7-15(14)20/h4-11,20H,3H2,1-2H3. The highest BCUT2D eigenvalue weighted by molar-refractivity contribution is 6.04. The fraction of sp³-hybridized carbons (Fsp3) is 0.222. The molecule has 7 heteroatoms. The third kappa shape index (κ3) is 3.50. The second-order valence-electron chi connectivity index (χ2n) is 5.53. The van der Waals surface area contributed by atoms with Crippen molar-refractivity contribution in [2.24, 2.45) is 0 Å². The van der Waals surface area contributed by atoms with E-state index in [1.165, 1.54) is 55.5 Å². The number of esters is 1. The Morgan fingerprint density at radius 1 is 1.16 bits per heavy atom. The lowest BCUT2D eigenvalue weighted by Gasteiger charge is -2.20. The molecule has 1 atom stereocenters. The Morgan fingerprint density at radius 3 is 2.28 bits per heavy atom. The first-order valence-electron chi connectivity index (χ1n) is 7.59. The lowest BCUT2D eigenvalue weighted by atomic mass is 9.84. The van der Waals surface area contributed by atoms with E-state index >= 15 is 0 Å². The number of Topliss-reactive ketones (excluding diaryl/α,β-unsaturated/α-hetero) is 1. The molecule has 2 rings (SSSR count). The van der Waals surface area contributed by atoms with Gasteiger partial charge in [-0.15, -0.1) is 0 Å². The lowest BCUT2D eigenvalue weighted by molar-refractivity contribution is -0.553. The summed E-state index contributed by atoms with van der Waals surface area (Å²) in [5.74, 6) is -1.37. The molecule has 0 spiro atoms. The van der Waals surface area contributed by atoms with Crippen LogP contribution in [0.2, 0.25) is 0 Å². The highest BCUT2D eigenvalue weighted by Crippen LogP contribution is 2.33. The molecule has 130 valence electrons. The fourth-order valence-electron chi connectivity index (χ4n) is 2.30. The number of rotatable bonds is 6. The van der Waals surface area contributed by atoms with Gasteiger partial charge in [-0.05, 0) is 36.4 Å². The molecule has 0 radical (unpaired) electrons. The number of ketones is 1. The minimum atomic E-state index is -2.09. The number of hydrogen-bond donors (Lipinski definition) is 1. The Bertz CT molecular complexity index is 815. The summed E-state index contributed by atoms with van der Waals surface area (Å²) >= 11 is 0. The maximum absolute atomic E-state index is 12.8. The van der Waals surface area contributed by atoms with Crippen LogP contribution in [0.5, 0.6) is 11.5 Å². The first-order valence-corrected chi connectivity index (χ1v) is 7.59. The lowest BCUT2D eigenvalue weighted by Crippen LogP contribution is -2.40. The van der Waals surface area contributed by atoms with Crippen LogP contribution in [-0.4, -0.2) is 21.8 Å². The molecule has 0 aliphatic carbocycles. The summed E-state index contributed by atoms with van der Waals surface area (Å²) in [4.78, 5) is 35.0. The van der Waals surface area contributed by atoms with E-state index in [1.54, 1.807) is 6.92 Å². The largest absolute Gasteiger partial charge is 0.507 e. The van der Waals surface area contributed by atoms with Gasteiger partial charge in [-0.2, -0.15) is 0 Å². The Hall–Kier alpha value is -3.22. The second kappa shape index (κ2) is 7.12. The van der Waals surface area contributed by atoms with Crippen molar-refractivity contribution in [3.8, 4) is 11.5 Å². The van der Waals surface area contributed by atoms with Gasteiger partial charge in [0.15, 0.2) is 0 Å². The predicted octanol–water partition coefficient (Wildman–Crippen LogP) is 3.08. The first kappa shape index (κ1) is 18.1. The number of aromatic hydroxyl groups is 1. The number of carbonyl (C=O) groups excluding carboxylic acids is 2. The maximum atomic E-state index is 12.8. The molecule has 7 nitrogen and oxygen atoms in total. The van der Waals surface area contributed by atoms with Crippen molar-refractivity contribution in [2.45, 2.75) is 25.8 Å². The van der Waals surface area contributed by atoms with Gasteiger partial charge in [0.05, 0.1) is 5.56 Å². The van der Waals surface area contributed by atoms with Crippen LogP contribution in [0.1, 0.15) is 36.2 Å². The van der Waals surface area contributed by atoms with Crippen LogP contribution in [0.15, 0.2) is 48.5 Å². The number of ether oxygens (including phenoxy) is 1. The summed E-state index contributed by atoms with van der Waals surface area (Å²) in [6.07, 6.45) is 0.195. The quantitative estimate of drug-likeness (QED) is 0.284. The predicted molar refractivity (Wildman–Crippen MR) is 89.2 cm³/mol. The molecule has 0 amide bonds. The molecule has 1 N–H and O–H groups in total. The van der Waals surface area contributed by atoms with Gasteiger partial charge in [-0.3, -0.25) is 19.7 Å². The number of nitro groups is 1. The van der Waals surface area contributed by atoms with Gasteiger partial charge in [-0.25, -0.2) is 0 Å². The van der Waals surface area contributed by atoms with Gasteiger partial charge in [0.2, 0.25) is 5.78 Å². The summed E-state index contributed by atoms with van der Waals surface area (Å²) in [7, 11) is 0. The molecule has 2 aromatic carbocycles. The maximum Gasteiger partial charge on any atom is 0.310 e. The molecule has 2 aromatic rings. The Kier molecular flexibility index (Phi) is 5.17. The Labute approximate surface area is 144 Å². The van der Waals surface area contributed by atoms with Crippen LogP contribution in [0, 0.1) is 10.1 Å². The van der Waals surface area contributed by atoms with E-state index in [4.69, 9.17) is 4.74 Å². The summed E-state index contributed by atoms with van der Waals surface area (Å²) in [6.45, 7) is 2.82. The van der Waals surface area contributed by atoms with Crippen LogP contribution < -0.4 is 4.74 Å². The molecule has 0 aliphatic heterocycles. The normalized spacial score (nSPS) is 12.9. The van der Waals surface area contributed by atoms with Gasteiger partial charge in [0.25, 0.3) is 0 Å². The van der Waals surface area contributed by atoms with Gasteiger partial charge in [0.1, 0.15) is 11.5 Å². The molecule has 0 heterocycles. The van der Waals surface area contributed by atoms with Crippen LogP contribution in [0.4, 0.5) is 0 Å². The van der Waals surface area contributed by atoms with Gasteiger partial charge < -0.3 is 9.84 Å². The minimum Gasteiger partial charge on any atom is -0.507 e. The second-order valence-corrected chi connectivity index (χ2v) is 5.53. The molecule has 25 heavy (non-hydrogen) atoms. The van der Waals surface area contributed by atoms with Crippen LogP contribution in [-0.2, 0) is 10.3 Å². The van der Waals surface area contributed by atoms with E-state index in [2.05, 4.69) is 0 Å². The van der Waals surface area contributed by atoms with Gasteiger partial charge in [0, 0.05) is 23.8 Å². The molecule has 0 aromatic heterocycles. The molecule has 0 aliphatic rings. The van der Waals surface area contributed by atoms with E-state index in [-0.39, 0.29) is 29.0 Å². The topological polar surface area (TPSA) is 107 Å².